The highest BCUT2D eigenvalue weighted by Gasteiger charge is 2.50. The molecule has 0 bridgehead atoms. The van der Waals surface area contributed by atoms with Crippen molar-refractivity contribution in [2.75, 3.05) is 14.2 Å². The van der Waals surface area contributed by atoms with Crippen molar-refractivity contribution in [2.45, 2.75) is 61.0 Å². The molecule has 3 aromatic rings. The number of aromatic hydroxyl groups is 2. The Kier molecular flexibility index (Phi) is 11.2. The van der Waals surface area contributed by atoms with Crippen molar-refractivity contribution < 1.29 is 68.1 Å². The maximum Gasteiger partial charge on any atom is 0.356 e. The van der Waals surface area contributed by atoms with Crippen LogP contribution in [0.3, 0.4) is 0 Å². The summed E-state index contributed by atoms with van der Waals surface area (Å²) in [5.41, 5.74) is -2.10. The number of ether oxygens (including phenoxy) is 5. The smallest absolute Gasteiger partial charge is 0.356 e. The number of aliphatic hydroxyl groups is 1. The molecule has 4 rings (SSSR count). The molecule has 3 aromatic carbocycles. The lowest BCUT2D eigenvalue weighted by Gasteiger charge is -2.32. The van der Waals surface area contributed by atoms with Gasteiger partial charge >= 0.3 is 23.9 Å². The Hall–Kier alpha value is -5.67. The van der Waals surface area contributed by atoms with E-state index in [0.29, 0.717) is 11.1 Å². The van der Waals surface area contributed by atoms with Gasteiger partial charge in [-0.1, -0.05) is 0 Å². The molecule has 0 aromatic heterocycles. The summed E-state index contributed by atoms with van der Waals surface area (Å²) in [6.07, 6.45) is 1.08. The summed E-state index contributed by atoms with van der Waals surface area (Å²) in [6, 6.07) is 2.57. The average molecular weight is 798 g/mol. The number of aryl methyl sites for hydroxylation is 1. The molecule has 0 spiro atoms. The van der Waals surface area contributed by atoms with E-state index in [9.17, 15) is 44.4 Å². The second kappa shape index (κ2) is 14.8. The summed E-state index contributed by atoms with van der Waals surface area (Å²) in [4.78, 5) is 64.5. The van der Waals surface area contributed by atoms with Gasteiger partial charge in [0.25, 0.3) is 0 Å². The van der Waals surface area contributed by atoms with Crippen LogP contribution in [0.15, 0.2) is 39.6 Å². The Morgan fingerprint density at radius 2 is 1.23 bits per heavy atom. The third-order valence-electron chi connectivity index (χ3n) is 9.34. The van der Waals surface area contributed by atoms with Gasteiger partial charge in [-0.2, -0.15) is 0 Å². The predicted molar refractivity (Wildman–Crippen MR) is 191 cm³/mol. The first-order valence-corrected chi connectivity index (χ1v) is 16.6. The number of hydrogen-bond donors (Lipinski definition) is 4. The summed E-state index contributed by atoms with van der Waals surface area (Å²) in [5, 5.41) is 43.3. The number of hydrogen-bond acceptors (Lipinski definition) is 13. The van der Waals surface area contributed by atoms with Gasteiger partial charge in [0, 0.05) is 17.2 Å². The molecule has 0 saturated carbocycles. The minimum absolute atomic E-state index is 0.00245. The fraction of sp³-hybridized carbons (Fsp3) is 0.289. The van der Waals surface area contributed by atoms with Crippen LogP contribution in [-0.2, 0) is 14.3 Å². The quantitative estimate of drug-likeness (QED) is 0.146. The van der Waals surface area contributed by atoms with Crippen molar-refractivity contribution in [1.29, 1.82) is 0 Å². The average Bonchev–Trinajstić information content (AvgIpc) is 3.09. The minimum Gasteiger partial charge on any atom is -0.507 e. The molecule has 1 atom stereocenters. The molecule has 280 valence electrons. The van der Waals surface area contributed by atoms with Crippen LogP contribution < -0.4 is 18.9 Å². The second-order valence-corrected chi connectivity index (χ2v) is 13.2. The molecule has 1 aliphatic rings. The summed E-state index contributed by atoms with van der Waals surface area (Å²) in [5.74, 6) is -6.97. The lowest BCUT2D eigenvalue weighted by Crippen LogP contribution is -2.48. The fourth-order valence-electron chi connectivity index (χ4n) is 5.90. The van der Waals surface area contributed by atoms with Crippen LogP contribution in [0.25, 0.3) is 0 Å². The van der Waals surface area contributed by atoms with Gasteiger partial charge in [-0.15, -0.1) is 0 Å². The monoisotopic (exact) mass is 796 g/mol. The topological polar surface area (TPSA) is 212 Å². The van der Waals surface area contributed by atoms with Crippen molar-refractivity contribution in [3.8, 4) is 34.5 Å². The third kappa shape index (κ3) is 6.73. The van der Waals surface area contributed by atoms with Gasteiger partial charge in [0.05, 0.1) is 14.2 Å². The van der Waals surface area contributed by atoms with E-state index in [-0.39, 0.29) is 83.3 Å². The zero-order valence-electron chi connectivity index (χ0n) is 30.5. The van der Waals surface area contributed by atoms with E-state index in [1.165, 1.54) is 74.8 Å². The molecular weight excluding hydrogens is 760 g/mol. The molecule has 4 N–H and O–H groups in total. The molecule has 0 saturated heterocycles. The fourth-order valence-corrected chi connectivity index (χ4v) is 6.48. The number of carboxylic acid groups (broad SMARTS) is 1. The molecule has 53 heavy (non-hydrogen) atoms. The molecule has 0 radical (unpaired) electrons. The van der Waals surface area contributed by atoms with E-state index in [1.807, 2.05) is 0 Å². The number of benzene rings is 3. The highest BCUT2D eigenvalue weighted by molar-refractivity contribution is 9.10. The molecule has 15 heteroatoms. The van der Waals surface area contributed by atoms with Crippen LogP contribution in [0.5, 0.6) is 34.5 Å². The van der Waals surface area contributed by atoms with Crippen molar-refractivity contribution in [3.63, 3.8) is 0 Å². The molecular formula is C38H37BrO14. The summed E-state index contributed by atoms with van der Waals surface area (Å²) < 4.78 is 26.9. The first-order valence-electron chi connectivity index (χ1n) is 15.8. The molecule has 14 nitrogen and oxygen atoms in total. The zero-order valence-corrected chi connectivity index (χ0v) is 32.1. The van der Waals surface area contributed by atoms with E-state index in [1.54, 1.807) is 6.92 Å². The second-order valence-electron chi connectivity index (χ2n) is 12.4. The number of methoxy groups -OCH3 is 2. The molecule has 1 aliphatic carbocycles. The van der Waals surface area contributed by atoms with Crippen molar-refractivity contribution in [1.82, 2.24) is 0 Å². The number of carbonyl (C=O) groups is 5. The summed E-state index contributed by atoms with van der Waals surface area (Å²) in [6.45, 7) is 11.6. The molecule has 0 unspecified atom stereocenters. The van der Waals surface area contributed by atoms with Crippen molar-refractivity contribution in [2.24, 2.45) is 0 Å². The summed E-state index contributed by atoms with van der Waals surface area (Å²) in [7, 11) is 2.46. The first-order chi connectivity index (χ1) is 24.6. The molecule has 0 aliphatic heterocycles. The van der Waals surface area contributed by atoms with E-state index in [4.69, 9.17) is 23.7 Å². The standard InChI is InChI=1S/C38H37BrO14/c1-14-11-23(21(8)30(41)26(14)35(45)52-24-13-25(49-9)27(34(43)44)17(4)16(24)3)51-36(46)28-18(5)19(6)32(29(39)31(28)42)53-37(47)38(48)15(2)12-22(40)20(7)33(38)50-10/h11-13,41-42,48H,1-10H3,(H,43,44)/t38-/m1/s1. The normalized spacial score (nSPS) is 15.5. The predicted octanol–water partition coefficient (Wildman–Crippen LogP) is 5.94. The summed E-state index contributed by atoms with van der Waals surface area (Å²) >= 11 is 3.17. The number of esters is 3. The van der Waals surface area contributed by atoms with Crippen molar-refractivity contribution >= 4 is 45.6 Å². The Labute approximate surface area is 312 Å². The number of carbonyl (C=O) groups excluding carboxylic acids is 4. The van der Waals surface area contributed by atoms with Crippen LogP contribution in [0, 0.1) is 41.5 Å². The highest BCUT2D eigenvalue weighted by Crippen LogP contribution is 2.45. The van der Waals surface area contributed by atoms with Gasteiger partial charge in [0.1, 0.15) is 55.7 Å². The Morgan fingerprint density at radius 1 is 0.679 bits per heavy atom. The van der Waals surface area contributed by atoms with Gasteiger partial charge in [-0.05, 0) is 117 Å². The van der Waals surface area contributed by atoms with Crippen LogP contribution in [0.4, 0.5) is 0 Å². The number of carboxylic acids is 1. The number of phenolic OH excluding ortho intramolecular Hbond substituents is 2. The number of phenols is 2. The molecule has 0 fully saturated rings. The van der Waals surface area contributed by atoms with Gasteiger partial charge in [-0.25, -0.2) is 19.2 Å². The van der Waals surface area contributed by atoms with E-state index < -0.39 is 46.8 Å². The zero-order chi connectivity index (χ0) is 40.0. The van der Waals surface area contributed by atoms with Gasteiger partial charge in [0.15, 0.2) is 11.5 Å². The van der Waals surface area contributed by atoms with E-state index in [2.05, 4.69) is 15.9 Å². The van der Waals surface area contributed by atoms with Crippen LogP contribution >= 0.6 is 15.9 Å². The highest BCUT2D eigenvalue weighted by atomic mass is 79.9. The number of rotatable bonds is 9. The Balaban J connectivity index is 1.66. The van der Waals surface area contributed by atoms with E-state index in [0.717, 1.165) is 6.08 Å². The lowest BCUT2D eigenvalue weighted by molar-refractivity contribution is -0.151. The number of allylic oxidation sites excluding steroid dienone is 2. The van der Waals surface area contributed by atoms with Crippen molar-refractivity contribution in [3.05, 3.63) is 89.7 Å². The maximum absolute atomic E-state index is 13.6. The van der Waals surface area contributed by atoms with Crippen LogP contribution in [0.1, 0.15) is 78.3 Å². The van der Waals surface area contributed by atoms with E-state index >= 15 is 0 Å². The minimum atomic E-state index is -2.47. The number of halogens is 1. The Morgan fingerprint density at radius 3 is 1.77 bits per heavy atom. The number of ketones is 1. The lowest BCUT2D eigenvalue weighted by atomic mass is 9.83. The number of aromatic carboxylic acids is 1. The van der Waals surface area contributed by atoms with Crippen LogP contribution in [0.2, 0.25) is 0 Å². The van der Waals surface area contributed by atoms with Gasteiger partial charge in [0.2, 0.25) is 5.60 Å². The Bertz CT molecular complexity index is 2180. The third-order valence-corrected chi connectivity index (χ3v) is 10.1. The van der Waals surface area contributed by atoms with Crippen LogP contribution in [-0.4, -0.2) is 69.9 Å². The molecule has 0 heterocycles. The maximum atomic E-state index is 13.6. The van der Waals surface area contributed by atoms with Gasteiger partial charge < -0.3 is 44.1 Å². The SMILES string of the molecule is COC1=C(C)C(=O)C=C(C)[C@]1(O)C(=O)Oc1c(C)c(C)c(C(=O)Oc2cc(C)c(C(=O)Oc3cc(OC)c(C(=O)O)c(C)c3C)c(O)c2C)c(O)c1Br. The largest absolute Gasteiger partial charge is 0.507 e. The van der Waals surface area contributed by atoms with Gasteiger partial charge in [-0.3, -0.25) is 4.79 Å². The first kappa shape index (κ1) is 40.1. The molecule has 0 amide bonds.